The van der Waals surface area contributed by atoms with Gasteiger partial charge >= 0.3 is 0 Å². The van der Waals surface area contributed by atoms with Gasteiger partial charge in [0.1, 0.15) is 12.3 Å². The molecule has 2 rings (SSSR count). The van der Waals surface area contributed by atoms with Gasteiger partial charge in [0.2, 0.25) is 5.91 Å². The molecule has 0 aromatic carbocycles. The van der Waals surface area contributed by atoms with Crippen LogP contribution in [0.15, 0.2) is 27.8 Å². The van der Waals surface area contributed by atoms with E-state index in [1.807, 2.05) is 6.07 Å². The molecule has 1 saturated carbocycles. The van der Waals surface area contributed by atoms with Crippen LogP contribution >= 0.6 is 0 Å². The Kier molecular flexibility index (Phi) is 5.46. The quantitative estimate of drug-likeness (QED) is 0.556. The summed E-state index contributed by atoms with van der Waals surface area (Å²) in [5, 5.41) is 5.89. The maximum absolute atomic E-state index is 11.6. The van der Waals surface area contributed by atoms with Gasteiger partial charge in [-0.25, -0.2) is 4.99 Å². The molecule has 1 aliphatic carbocycles. The van der Waals surface area contributed by atoms with Crippen LogP contribution in [0.1, 0.15) is 37.9 Å². The maximum atomic E-state index is 11.6. The van der Waals surface area contributed by atoms with E-state index in [0.29, 0.717) is 18.5 Å². The van der Waals surface area contributed by atoms with E-state index in [1.165, 1.54) is 19.3 Å². The standard InChI is InChI=1S/C14H22N4O2/c15-14(18-11-5-2-1-3-6-11)17-10-13(19)16-9-12-7-4-8-20-12/h4,7-8,11H,1-3,5-6,9-10H2,(H,16,19)(H3,15,17,18). The molecule has 110 valence electrons. The average Bonchev–Trinajstić information content (AvgIpc) is 2.97. The molecule has 6 nitrogen and oxygen atoms in total. The van der Waals surface area contributed by atoms with Crippen molar-refractivity contribution in [2.45, 2.75) is 44.7 Å². The Morgan fingerprint density at radius 1 is 1.40 bits per heavy atom. The molecule has 0 bridgehead atoms. The largest absolute Gasteiger partial charge is 0.467 e. The smallest absolute Gasteiger partial charge is 0.242 e. The van der Waals surface area contributed by atoms with Crippen LogP contribution in [0.4, 0.5) is 0 Å². The van der Waals surface area contributed by atoms with Crippen LogP contribution in [0.5, 0.6) is 0 Å². The number of aliphatic imine (C=N–C) groups is 1. The van der Waals surface area contributed by atoms with Crippen LogP contribution < -0.4 is 16.4 Å². The van der Waals surface area contributed by atoms with Gasteiger partial charge in [-0.05, 0) is 25.0 Å². The SMILES string of the molecule is NC(=NCC(=O)NCc1ccco1)NC1CCCCC1. The zero-order chi connectivity index (χ0) is 14.2. The number of nitrogens with one attached hydrogen (secondary N) is 2. The van der Waals surface area contributed by atoms with Crippen LogP contribution in [0.3, 0.4) is 0 Å². The van der Waals surface area contributed by atoms with Crippen molar-refractivity contribution in [2.24, 2.45) is 10.7 Å². The summed E-state index contributed by atoms with van der Waals surface area (Å²) in [5.41, 5.74) is 5.78. The summed E-state index contributed by atoms with van der Waals surface area (Å²) in [4.78, 5) is 15.7. The molecule has 1 heterocycles. The van der Waals surface area contributed by atoms with E-state index in [0.717, 1.165) is 18.6 Å². The molecule has 0 radical (unpaired) electrons. The normalized spacial score (nSPS) is 16.9. The fourth-order valence-electron chi connectivity index (χ4n) is 2.31. The van der Waals surface area contributed by atoms with E-state index < -0.39 is 0 Å². The van der Waals surface area contributed by atoms with Crippen molar-refractivity contribution in [3.63, 3.8) is 0 Å². The number of nitrogens with zero attached hydrogens (tertiary/aromatic N) is 1. The number of carbonyl (C=O) groups excluding carboxylic acids is 1. The molecule has 4 N–H and O–H groups in total. The van der Waals surface area contributed by atoms with Gasteiger partial charge in [0.25, 0.3) is 0 Å². The van der Waals surface area contributed by atoms with E-state index in [4.69, 9.17) is 10.2 Å². The first-order chi connectivity index (χ1) is 9.74. The maximum Gasteiger partial charge on any atom is 0.242 e. The van der Waals surface area contributed by atoms with E-state index in [9.17, 15) is 4.79 Å². The van der Waals surface area contributed by atoms with Crippen LogP contribution in [0.25, 0.3) is 0 Å². The zero-order valence-electron chi connectivity index (χ0n) is 11.6. The van der Waals surface area contributed by atoms with Crippen molar-refractivity contribution >= 4 is 11.9 Å². The predicted molar refractivity (Wildman–Crippen MR) is 77.1 cm³/mol. The van der Waals surface area contributed by atoms with Crippen LogP contribution in [0, 0.1) is 0 Å². The fraction of sp³-hybridized carbons (Fsp3) is 0.571. The van der Waals surface area contributed by atoms with Gasteiger partial charge in [-0.15, -0.1) is 0 Å². The monoisotopic (exact) mass is 278 g/mol. The molecule has 0 aliphatic heterocycles. The number of rotatable bonds is 5. The Morgan fingerprint density at radius 2 is 2.20 bits per heavy atom. The number of hydrogen-bond donors (Lipinski definition) is 3. The van der Waals surface area contributed by atoms with Gasteiger partial charge in [0.15, 0.2) is 5.96 Å². The lowest BCUT2D eigenvalue weighted by molar-refractivity contribution is -0.119. The summed E-state index contributed by atoms with van der Waals surface area (Å²) in [6.45, 7) is 0.406. The summed E-state index contributed by atoms with van der Waals surface area (Å²) in [6.07, 6.45) is 7.58. The van der Waals surface area contributed by atoms with Gasteiger partial charge in [0, 0.05) is 6.04 Å². The van der Waals surface area contributed by atoms with Gasteiger partial charge in [-0.1, -0.05) is 19.3 Å². The summed E-state index contributed by atoms with van der Waals surface area (Å²) in [5.74, 6) is 0.899. The van der Waals surface area contributed by atoms with Crippen LogP contribution in [-0.4, -0.2) is 24.5 Å². The lowest BCUT2D eigenvalue weighted by Crippen LogP contribution is -2.41. The Morgan fingerprint density at radius 3 is 2.90 bits per heavy atom. The molecule has 0 unspecified atom stereocenters. The number of hydrogen-bond acceptors (Lipinski definition) is 3. The molecule has 1 aliphatic rings. The molecule has 1 aromatic heterocycles. The Balaban J connectivity index is 1.66. The highest BCUT2D eigenvalue weighted by Crippen LogP contribution is 2.16. The van der Waals surface area contributed by atoms with Crippen molar-refractivity contribution in [1.29, 1.82) is 0 Å². The minimum atomic E-state index is -0.171. The minimum Gasteiger partial charge on any atom is -0.467 e. The van der Waals surface area contributed by atoms with Crippen molar-refractivity contribution in [1.82, 2.24) is 10.6 Å². The zero-order valence-corrected chi connectivity index (χ0v) is 11.6. The van der Waals surface area contributed by atoms with Gasteiger partial charge in [-0.2, -0.15) is 0 Å². The van der Waals surface area contributed by atoms with E-state index >= 15 is 0 Å². The molecular formula is C14H22N4O2. The highest BCUT2D eigenvalue weighted by atomic mass is 16.3. The second kappa shape index (κ2) is 7.57. The summed E-state index contributed by atoms with van der Waals surface area (Å²) >= 11 is 0. The number of carbonyl (C=O) groups is 1. The topological polar surface area (TPSA) is 92.6 Å². The number of guanidine groups is 1. The summed E-state index contributed by atoms with van der Waals surface area (Å²) < 4.78 is 5.12. The molecule has 1 aromatic rings. The first kappa shape index (κ1) is 14.4. The van der Waals surface area contributed by atoms with E-state index in [2.05, 4.69) is 15.6 Å². The molecular weight excluding hydrogens is 256 g/mol. The van der Waals surface area contributed by atoms with Gasteiger partial charge in [-0.3, -0.25) is 4.79 Å². The predicted octanol–water partition coefficient (Wildman–Crippen LogP) is 1.13. The molecule has 0 spiro atoms. The first-order valence-corrected chi connectivity index (χ1v) is 7.09. The van der Waals surface area contributed by atoms with Crippen LogP contribution in [0.2, 0.25) is 0 Å². The molecule has 20 heavy (non-hydrogen) atoms. The second-order valence-electron chi connectivity index (χ2n) is 5.04. The van der Waals surface area contributed by atoms with E-state index in [-0.39, 0.29) is 12.5 Å². The molecule has 1 fully saturated rings. The van der Waals surface area contributed by atoms with E-state index in [1.54, 1.807) is 12.3 Å². The number of furan rings is 1. The lowest BCUT2D eigenvalue weighted by Gasteiger charge is -2.23. The average molecular weight is 278 g/mol. The lowest BCUT2D eigenvalue weighted by atomic mass is 9.96. The highest BCUT2D eigenvalue weighted by molar-refractivity contribution is 5.84. The molecule has 0 atom stereocenters. The van der Waals surface area contributed by atoms with Crippen molar-refractivity contribution in [3.05, 3.63) is 24.2 Å². The Bertz CT molecular complexity index is 436. The first-order valence-electron chi connectivity index (χ1n) is 7.09. The highest BCUT2D eigenvalue weighted by Gasteiger charge is 2.13. The summed E-state index contributed by atoms with van der Waals surface area (Å²) in [7, 11) is 0. The Hall–Kier alpha value is -1.98. The number of nitrogens with two attached hydrogens (primary N) is 1. The second-order valence-corrected chi connectivity index (χ2v) is 5.04. The van der Waals surface area contributed by atoms with Crippen molar-refractivity contribution in [3.8, 4) is 0 Å². The molecule has 0 saturated heterocycles. The minimum absolute atomic E-state index is 0.0340. The molecule has 6 heteroatoms. The third kappa shape index (κ3) is 4.95. The van der Waals surface area contributed by atoms with Crippen molar-refractivity contribution in [2.75, 3.05) is 6.54 Å². The van der Waals surface area contributed by atoms with Crippen molar-refractivity contribution < 1.29 is 9.21 Å². The fourth-order valence-corrected chi connectivity index (χ4v) is 2.31. The summed E-state index contributed by atoms with van der Waals surface area (Å²) in [6, 6.07) is 3.99. The van der Waals surface area contributed by atoms with Crippen LogP contribution in [-0.2, 0) is 11.3 Å². The third-order valence-electron chi connectivity index (χ3n) is 3.39. The van der Waals surface area contributed by atoms with Gasteiger partial charge in [0.05, 0.1) is 12.8 Å². The Labute approximate surface area is 118 Å². The van der Waals surface area contributed by atoms with Gasteiger partial charge < -0.3 is 20.8 Å². The number of amides is 1. The third-order valence-corrected chi connectivity index (χ3v) is 3.39. The molecule has 1 amide bonds.